The Morgan fingerprint density at radius 3 is 2.83 bits per heavy atom. The van der Waals surface area contributed by atoms with Gasteiger partial charge < -0.3 is 9.84 Å². The number of aliphatic hydroxyl groups excluding tert-OH is 1. The standard InChI is InChI=1S/C8H15NO3/c1-7(2)8(11)12-5-3-4-9-6-10/h9-10H,1,3-6H2,2H3. The smallest absolute Gasteiger partial charge is 0.333 e. The minimum atomic E-state index is -0.362. The molecule has 0 rings (SSSR count). The molecule has 0 aromatic heterocycles. The number of aliphatic hydroxyl groups is 1. The Morgan fingerprint density at radius 2 is 2.33 bits per heavy atom. The van der Waals surface area contributed by atoms with Crippen LogP contribution < -0.4 is 5.32 Å². The number of carbonyl (C=O) groups excluding carboxylic acids is 1. The van der Waals surface area contributed by atoms with Crippen molar-refractivity contribution in [3.05, 3.63) is 12.2 Å². The molecule has 0 unspecified atom stereocenters. The summed E-state index contributed by atoms with van der Waals surface area (Å²) >= 11 is 0. The number of esters is 1. The van der Waals surface area contributed by atoms with Crippen molar-refractivity contribution in [2.75, 3.05) is 19.9 Å². The molecule has 0 heterocycles. The van der Waals surface area contributed by atoms with Crippen molar-refractivity contribution in [3.8, 4) is 0 Å². The van der Waals surface area contributed by atoms with E-state index < -0.39 is 0 Å². The molecular formula is C8H15NO3. The van der Waals surface area contributed by atoms with Crippen LogP contribution in [0.1, 0.15) is 13.3 Å². The van der Waals surface area contributed by atoms with Crippen LogP contribution in [0, 0.1) is 0 Å². The second kappa shape index (κ2) is 6.82. The highest BCUT2D eigenvalue weighted by Crippen LogP contribution is 1.92. The van der Waals surface area contributed by atoms with Crippen molar-refractivity contribution in [3.63, 3.8) is 0 Å². The van der Waals surface area contributed by atoms with Gasteiger partial charge in [-0.2, -0.15) is 0 Å². The van der Waals surface area contributed by atoms with Gasteiger partial charge in [-0.25, -0.2) is 4.79 Å². The number of hydrogen-bond acceptors (Lipinski definition) is 4. The normalized spacial score (nSPS) is 9.50. The first kappa shape index (κ1) is 11.1. The van der Waals surface area contributed by atoms with E-state index in [1.165, 1.54) is 0 Å². The lowest BCUT2D eigenvalue weighted by Crippen LogP contribution is -2.18. The first-order chi connectivity index (χ1) is 5.68. The fourth-order valence-corrected chi connectivity index (χ4v) is 0.564. The molecule has 0 aliphatic heterocycles. The van der Waals surface area contributed by atoms with E-state index in [1.54, 1.807) is 6.92 Å². The van der Waals surface area contributed by atoms with Crippen LogP contribution in [0.4, 0.5) is 0 Å². The summed E-state index contributed by atoms with van der Waals surface area (Å²) < 4.78 is 4.79. The zero-order valence-electron chi connectivity index (χ0n) is 7.30. The topological polar surface area (TPSA) is 58.6 Å². The van der Waals surface area contributed by atoms with Crippen LogP contribution in [0.5, 0.6) is 0 Å². The van der Waals surface area contributed by atoms with Crippen LogP contribution in [0.15, 0.2) is 12.2 Å². The van der Waals surface area contributed by atoms with Crippen molar-refractivity contribution >= 4 is 5.97 Å². The summed E-state index contributed by atoms with van der Waals surface area (Å²) in [5.41, 5.74) is 0.408. The second-order valence-corrected chi connectivity index (χ2v) is 2.43. The lowest BCUT2D eigenvalue weighted by Gasteiger charge is -2.03. The maximum atomic E-state index is 10.8. The van der Waals surface area contributed by atoms with Gasteiger partial charge in [-0.1, -0.05) is 6.58 Å². The van der Waals surface area contributed by atoms with E-state index in [9.17, 15) is 4.79 Å². The molecule has 0 saturated carbocycles. The van der Waals surface area contributed by atoms with Gasteiger partial charge >= 0.3 is 5.97 Å². The van der Waals surface area contributed by atoms with Crippen LogP contribution in [-0.2, 0) is 9.53 Å². The third kappa shape index (κ3) is 5.88. The molecule has 2 N–H and O–H groups in total. The van der Waals surface area contributed by atoms with Crippen molar-refractivity contribution in [2.24, 2.45) is 0 Å². The van der Waals surface area contributed by atoms with Crippen molar-refractivity contribution in [2.45, 2.75) is 13.3 Å². The molecule has 0 aliphatic rings. The van der Waals surface area contributed by atoms with E-state index in [4.69, 9.17) is 9.84 Å². The number of carbonyl (C=O) groups is 1. The van der Waals surface area contributed by atoms with Gasteiger partial charge in [0.1, 0.15) is 0 Å². The van der Waals surface area contributed by atoms with Gasteiger partial charge in [-0.15, -0.1) is 0 Å². The van der Waals surface area contributed by atoms with Gasteiger partial charge in [0.2, 0.25) is 0 Å². The van der Waals surface area contributed by atoms with Gasteiger partial charge in [-0.05, 0) is 13.3 Å². The SMILES string of the molecule is C=C(C)C(=O)OCCCNCO. The Balaban J connectivity index is 3.20. The molecule has 0 aliphatic carbocycles. The van der Waals surface area contributed by atoms with Gasteiger partial charge in [-0.3, -0.25) is 5.32 Å². The minimum Gasteiger partial charge on any atom is -0.462 e. The molecule has 0 amide bonds. The van der Waals surface area contributed by atoms with Gasteiger partial charge in [0.25, 0.3) is 0 Å². The first-order valence-corrected chi connectivity index (χ1v) is 3.82. The highest BCUT2D eigenvalue weighted by Gasteiger charge is 2.00. The highest BCUT2D eigenvalue weighted by atomic mass is 16.5. The average Bonchev–Trinajstić information content (AvgIpc) is 2.03. The molecule has 0 aromatic rings. The lowest BCUT2D eigenvalue weighted by molar-refractivity contribution is -0.139. The van der Waals surface area contributed by atoms with Crippen molar-refractivity contribution in [1.29, 1.82) is 0 Å². The van der Waals surface area contributed by atoms with E-state index in [0.29, 0.717) is 25.1 Å². The van der Waals surface area contributed by atoms with E-state index in [-0.39, 0.29) is 12.7 Å². The maximum Gasteiger partial charge on any atom is 0.333 e. The summed E-state index contributed by atoms with van der Waals surface area (Å²) in [6.07, 6.45) is 0.694. The van der Waals surface area contributed by atoms with Gasteiger partial charge in [0.15, 0.2) is 0 Å². The van der Waals surface area contributed by atoms with Crippen LogP contribution in [0.3, 0.4) is 0 Å². The summed E-state index contributed by atoms with van der Waals surface area (Å²) in [5.74, 6) is -0.362. The zero-order valence-corrected chi connectivity index (χ0v) is 7.30. The van der Waals surface area contributed by atoms with Gasteiger partial charge in [0, 0.05) is 12.1 Å². The van der Waals surface area contributed by atoms with Crippen molar-refractivity contribution < 1.29 is 14.6 Å². The average molecular weight is 173 g/mol. The van der Waals surface area contributed by atoms with Crippen LogP contribution >= 0.6 is 0 Å². The molecule has 0 saturated heterocycles. The summed E-state index contributed by atoms with van der Waals surface area (Å²) in [4.78, 5) is 10.8. The van der Waals surface area contributed by atoms with E-state index in [2.05, 4.69) is 11.9 Å². The molecule has 4 nitrogen and oxygen atoms in total. The molecule has 12 heavy (non-hydrogen) atoms. The molecule has 0 bridgehead atoms. The Labute approximate surface area is 72.2 Å². The van der Waals surface area contributed by atoms with Crippen molar-refractivity contribution in [1.82, 2.24) is 5.32 Å². The fraction of sp³-hybridized carbons (Fsp3) is 0.625. The molecule has 0 aromatic carbocycles. The number of nitrogens with one attached hydrogen (secondary N) is 1. The van der Waals surface area contributed by atoms with Crippen LogP contribution in [0.25, 0.3) is 0 Å². The Hall–Kier alpha value is -0.870. The Bertz CT molecular complexity index is 156. The van der Waals surface area contributed by atoms with Crippen LogP contribution in [0.2, 0.25) is 0 Å². The lowest BCUT2D eigenvalue weighted by atomic mass is 10.3. The summed E-state index contributed by atoms with van der Waals surface area (Å²) in [6, 6.07) is 0. The fourth-order valence-electron chi connectivity index (χ4n) is 0.564. The highest BCUT2D eigenvalue weighted by molar-refractivity contribution is 5.86. The molecule has 0 spiro atoms. The van der Waals surface area contributed by atoms with E-state index >= 15 is 0 Å². The van der Waals surface area contributed by atoms with Crippen LogP contribution in [-0.4, -0.2) is 31.0 Å². The Morgan fingerprint density at radius 1 is 1.67 bits per heavy atom. The molecular weight excluding hydrogens is 158 g/mol. The third-order valence-corrected chi connectivity index (χ3v) is 1.19. The van der Waals surface area contributed by atoms with Gasteiger partial charge in [0.05, 0.1) is 13.3 Å². The number of hydrogen-bond donors (Lipinski definition) is 2. The predicted molar refractivity (Wildman–Crippen MR) is 45.5 cm³/mol. The van der Waals surface area contributed by atoms with E-state index in [1.807, 2.05) is 0 Å². The third-order valence-electron chi connectivity index (χ3n) is 1.19. The summed E-state index contributed by atoms with van der Waals surface area (Å²) in [5, 5.41) is 11.0. The zero-order chi connectivity index (χ0) is 9.40. The molecule has 0 atom stereocenters. The second-order valence-electron chi connectivity index (χ2n) is 2.43. The number of rotatable bonds is 6. The largest absolute Gasteiger partial charge is 0.462 e. The summed E-state index contributed by atoms with van der Waals surface area (Å²) in [7, 11) is 0. The molecule has 0 fully saturated rings. The minimum absolute atomic E-state index is 0.0472. The molecule has 70 valence electrons. The molecule has 0 radical (unpaired) electrons. The number of ether oxygens (including phenoxy) is 1. The van der Waals surface area contributed by atoms with E-state index in [0.717, 1.165) is 0 Å². The quantitative estimate of drug-likeness (QED) is 0.257. The summed E-state index contributed by atoms with van der Waals surface area (Å²) in [6.45, 7) is 6.00. The molecule has 4 heteroatoms. The monoisotopic (exact) mass is 173 g/mol. The predicted octanol–water partition coefficient (Wildman–Crippen LogP) is 0.0352. The maximum absolute atomic E-state index is 10.8. The first-order valence-electron chi connectivity index (χ1n) is 3.82. The Kier molecular flexibility index (Phi) is 6.32.